The second-order valence-electron chi connectivity index (χ2n) is 8.54. The van der Waals surface area contributed by atoms with Crippen molar-refractivity contribution in [2.45, 2.75) is 44.4 Å². The number of carbonyl (C=O) groups is 1. The van der Waals surface area contributed by atoms with Gasteiger partial charge in [-0.3, -0.25) is 4.79 Å². The lowest BCUT2D eigenvalue weighted by molar-refractivity contribution is -0.142. The van der Waals surface area contributed by atoms with Crippen molar-refractivity contribution < 1.29 is 19.0 Å². The number of rotatable bonds is 6. The monoisotopic (exact) mass is 432 g/mol. The average molecular weight is 433 g/mol. The maximum atomic E-state index is 11.8. The third-order valence-electron chi connectivity index (χ3n) is 6.55. The Balaban J connectivity index is 1.45. The van der Waals surface area contributed by atoms with Crippen LogP contribution in [0.15, 0.2) is 42.5 Å². The van der Waals surface area contributed by atoms with Crippen LogP contribution in [0, 0.1) is 0 Å². The molecule has 2 atom stereocenters. The number of nitrogens with zero attached hydrogens (tertiary/aromatic N) is 1. The van der Waals surface area contributed by atoms with Crippen molar-refractivity contribution >= 4 is 16.9 Å². The van der Waals surface area contributed by atoms with E-state index in [0.29, 0.717) is 19.6 Å². The van der Waals surface area contributed by atoms with E-state index in [9.17, 15) is 4.79 Å². The fraction of sp³-hybridized carbons (Fsp3) is 0.385. The van der Waals surface area contributed by atoms with Crippen LogP contribution < -0.4 is 10.1 Å². The van der Waals surface area contributed by atoms with Crippen molar-refractivity contribution in [3.63, 3.8) is 0 Å². The summed E-state index contributed by atoms with van der Waals surface area (Å²) in [7, 11) is 3.08. The van der Waals surface area contributed by atoms with E-state index in [0.717, 1.165) is 39.9 Å². The minimum Gasteiger partial charge on any atom is -0.497 e. The van der Waals surface area contributed by atoms with Crippen molar-refractivity contribution in [1.82, 2.24) is 10.3 Å². The molecule has 1 unspecified atom stereocenters. The van der Waals surface area contributed by atoms with Gasteiger partial charge >= 0.3 is 5.97 Å². The Morgan fingerprint density at radius 2 is 1.97 bits per heavy atom. The van der Waals surface area contributed by atoms with E-state index in [1.807, 2.05) is 18.2 Å². The number of pyridine rings is 1. The topological polar surface area (TPSA) is 69.7 Å². The first kappa shape index (κ1) is 20.9. The van der Waals surface area contributed by atoms with Gasteiger partial charge in [-0.2, -0.15) is 0 Å². The van der Waals surface area contributed by atoms with Gasteiger partial charge in [-0.25, -0.2) is 4.98 Å². The number of ether oxygens (including phenoxy) is 3. The first-order valence-corrected chi connectivity index (χ1v) is 11.2. The smallest absolute Gasteiger partial charge is 0.322 e. The molecule has 6 heteroatoms. The number of carbonyl (C=O) groups excluding carboxylic acids is 1. The molecule has 1 saturated heterocycles. The van der Waals surface area contributed by atoms with Gasteiger partial charge in [0.05, 0.1) is 38.1 Å². The van der Waals surface area contributed by atoms with Crippen LogP contribution in [-0.4, -0.2) is 43.9 Å². The molecule has 0 spiro atoms. The fourth-order valence-corrected chi connectivity index (χ4v) is 4.77. The van der Waals surface area contributed by atoms with Crippen LogP contribution in [0.5, 0.6) is 5.75 Å². The second-order valence-corrected chi connectivity index (χ2v) is 8.54. The molecule has 3 aromatic rings. The highest BCUT2D eigenvalue weighted by Crippen LogP contribution is 2.31. The van der Waals surface area contributed by atoms with Gasteiger partial charge in [0, 0.05) is 30.0 Å². The molecule has 1 fully saturated rings. The third-order valence-corrected chi connectivity index (χ3v) is 6.55. The predicted molar refractivity (Wildman–Crippen MR) is 123 cm³/mol. The Kier molecular flexibility index (Phi) is 5.81. The first-order chi connectivity index (χ1) is 15.6. The number of esters is 1. The summed E-state index contributed by atoms with van der Waals surface area (Å²) in [6, 6.07) is 14.5. The molecule has 1 aromatic heterocycles. The summed E-state index contributed by atoms with van der Waals surface area (Å²) in [5.41, 5.74) is 6.92. The molecule has 0 amide bonds. The van der Waals surface area contributed by atoms with Crippen molar-refractivity contribution in [3.05, 3.63) is 59.2 Å². The molecule has 6 nitrogen and oxygen atoms in total. The highest BCUT2D eigenvalue weighted by atomic mass is 16.5. The van der Waals surface area contributed by atoms with E-state index < -0.39 is 0 Å². The molecule has 1 aliphatic carbocycles. The molecule has 166 valence electrons. The summed E-state index contributed by atoms with van der Waals surface area (Å²) in [5.74, 6) is 0.542. The molecule has 2 heterocycles. The molecule has 1 N–H and O–H groups in total. The Morgan fingerprint density at radius 3 is 2.81 bits per heavy atom. The minimum absolute atomic E-state index is 0.0380. The highest BCUT2D eigenvalue weighted by molar-refractivity contribution is 5.86. The molecule has 32 heavy (non-hydrogen) atoms. The molecule has 2 aromatic carbocycles. The zero-order valence-corrected chi connectivity index (χ0v) is 18.5. The van der Waals surface area contributed by atoms with E-state index in [1.165, 1.54) is 31.1 Å². The molecule has 2 aliphatic rings. The summed E-state index contributed by atoms with van der Waals surface area (Å²) in [5, 5.41) is 4.23. The number of aromatic nitrogens is 1. The Hall–Kier alpha value is -2.96. The number of fused-ring (bicyclic) bond motifs is 2. The van der Waals surface area contributed by atoms with Gasteiger partial charge in [-0.05, 0) is 60.2 Å². The van der Waals surface area contributed by atoms with E-state index in [-0.39, 0.29) is 18.1 Å². The zero-order valence-electron chi connectivity index (χ0n) is 18.5. The normalized spacial score (nSPS) is 19.8. The molecule has 1 aliphatic heterocycles. The lowest BCUT2D eigenvalue weighted by atomic mass is 10.0. The number of hydrogen-bond acceptors (Lipinski definition) is 6. The molecule has 5 rings (SSSR count). The standard InChI is InChI=1S/C26H28N2O4/c1-30-20-8-9-22-19(15-32-21-13-25(27-14-21)26(29)31-2)11-23(28-24(22)12-20)18-7-6-16-4-3-5-17(16)10-18/h6-12,21,25,27H,3-5,13-15H2,1-2H3/t21?,25-/m0/s1. The number of benzene rings is 2. The Morgan fingerprint density at radius 1 is 1.09 bits per heavy atom. The van der Waals surface area contributed by atoms with Gasteiger partial charge < -0.3 is 19.5 Å². The quantitative estimate of drug-likeness (QED) is 0.597. The molecular weight excluding hydrogens is 404 g/mol. The molecular formula is C26H28N2O4. The highest BCUT2D eigenvalue weighted by Gasteiger charge is 2.30. The maximum absolute atomic E-state index is 11.8. The van der Waals surface area contributed by atoms with Gasteiger partial charge in [0.15, 0.2) is 0 Å². The van der Waals surface area contributed by atoms with Crippen molar-refractivity contribution in [3.8, 4) is 17.0 Å². The summed E-state index contributed by atoms with van der Waals surface area (Å²) < 4.78 is 16.5. The minimum atomic E-state index is -0.301. The lowest BCUT2D eigenvalue weighted by Gasteiger charge is -2.15. The summed E-state index contributed by atoms with van der Waals surface area (Å²) >= 11 is 0. The Labute approximate surface area is 187 Å². The van der Waals surface area contributed by atoms with Gasteiger partial charge in [-0.1, -0.05) is 12.1 Å². The number of hydrogen-bond donors (Lipinski definition) is 1. The summed E-state index contributed by atoms with van der Waals surface area (Å²) in [4.78, 5) is 16.7. The largest absolute Gasteiger partial charge is 0.497 e. The average Bonchev–Trinajstić information content (AvgIpc) is 3.50. The number of methoxy groups -OCH3 is 2. The molecule has 0 bridgehead atoms. The number of nitrogens with one attached hydrogen (secondary N) is 1. The van der Waals surface area contributed by atoms with E-state index in [2.05, 4.69) is 29.6 Å². The van der Waals surface area contributed by atoms with Crippen LogP contribution in [-0.2, 0) is 33.7 Å². The van der Waals surface area contributed by atoms with Crippen LogP contribution in [0.1, 0.15) is 29.5 Å². The fourth-order valence-electron chi connectivity index (χ4n) is 4.77. The predicted octanol–water partition coefficient (Wildman–Crippen LogP) is 3.82. The van der Waals surface area contributed by atoms with Crippen LogP contribution in [0.2, 0.25) is 0 Å². The zero-order chi connectivity index (χ0) is 22.1. The van der Waals surface area contributed by atoms with Crippen LogP contribution >= 0.6 is 0 Å². The van der Waals surface area contributed by atoms with Gasteiger partial charge in [-0.15, -0.1) is 0 Å². The number of aryl methyl sites for hydroxylation is 2. The molecule has 0 radical (unpaired) electrons. The van der Waals surface area contributed by atoms with Gasteiger partial charge in [0.2, 0.25) is 0 Å². The van der Waals surface area contributed by atoms with Crippen LogP contribution in [0.3, 0.4) is 0 Å². The van der Waals surface area contributed by atoms with Crippen molar-refractivity contribution in [1.29, 1.82) is 0 Å². The maximum Gasteiger partial charge on any atom is 0.322 e. The van der Waals surface area contributed by atoms with Crippen molar-refractivity contribution in [2.24, 2.45) is 0 Å². The van der Waals surface area contributed by atoms with E-state index >= 15 is 0 Å². The van der Waals surface area contributed by atoms with E-state index in [1.54, 1.807) is 7.11 Å². The summed E-state index contributed by atoms with van der Waals surface area (Å²) in [6.45, 7) is 1.08. The second kappa shape index (κ2) is 8.88. The van der Waals surface area contributed by atoms with Crippen molar-refractivity contribution in [2.75, 3.05) is 20.8 Å². The third kappa shape index (κ3) is 4.08. The van der Waals surface area contributed by atoms with E-state index in [4.69, 9.17) is 19.2 Å². The van der Waals surface area contributed by atoms with Crippen LogP contribution in [0.4, 0.5) is 0 Å². The SMILES string of the molecule is COC(=O)[C@@H]1CC(OCc2cc(-c3ccc4c(c3)CCC4)nc3cc(OC)ccc23)CN1. The first-order valence-electron chi connectivity index (χ1n) is 11.2. The Bertz CT molecular complexity index is 1160. The molecule has 0 saturated carbocycles. The van der Waals surface area contributed by atoms with Crippen LogP contribution in [0.25, 0.3) is 22.2 Å². The van der Waals surface area contributed by atoms with Gasteiger partial charge in [0.1, 0.15) is 11.8 Å². The van der Waals surface area contributed by atoms with Gasteiger partial charge in [0.25, 0.3) is 0 Å². The summed E-state index contributed by atoms with van der Waals surface area (Å²) in [6.07, 6.45) is 4.10. The lowest BCUT2D eigenvalue weighted by Crippen LogP contribution is -2.31.